The Morgan fingerprint density at radius 3 is 1.53 bits per heavy atom. The molecule has 0 radical (unpaired) electrons. The smallest absolute Gasteiger partial charge is 0.00262 e. The monoisotopic (exact) mass is 570 g/mol. The van der Waals surface area contributed by atoms with Gasteiger partial charge in [0.05, 0.1) is 0 Å². The molecule has 210 valence electrons. The number of benzene rings is 8. The van der Waals surface area contributed by atoms with Gasteiger partial charge >= 0.3 is 0 Å². The van der Waals surface area contributed by atoms with Crippen LogP contribution in [0.2, 0.25) is 0 Å². The highest BCUT2D eigenvalue weighted by Gasteiger charge is 2.18. The van der Waals surface area contributed by atoms with Crippen LogP contribution in [0, 0.1) is 0 Å². The van der Waals surface area contributed by atoms with Crippen molar-refractivity contribution in [2.75, 3.05) is 0 Å². The summed E-state index contributed by atoms with van der Waals surface area (Å²) in [4.78, 5) is 0. The van der Waals surface area contributed by atoms with E-state index < -0.39 is 0 Å². The van der Waals surface area contributed by atoms with Gasteiger partial charge in [-0.15, -0.1) is 0 Å². The van der Waals surface area contributed by atoms with Crippen molar-refractivity contribution in [1.82, 2.24) is 0 Å². The molecule has 0 aromatic heterocycles. The number of hydrogen-bond acceptors (Lipinski definition) is 0. The van der Waals surface area contributed by atoms with Crippen LogP contribution in [0.15, 0.2) is 170 Å². The SMILES string of the molecule is C1=CC(c2ccc(-c3cccc(-c4c5ccccc5c(-c5ccc6ccccc6c5)c5ccccc45)c3)c3ccccc23)=CC1. The van der Waals surface area contributed by atoms with Crippen LogP contribution in [-0.2, 0) is 0 Å². The van der Waals surface area contributed by atoms with E-state index in [1.54, 1.807) is 0 Å². The minimum atomic E-state index is 1.01. The Kier molecular flexibility index (Phi) is 5.99. The van der Waals surface area contributed by atoms with E-state index in [4.69, 9.17) is 0 Å². The third kappa shape index (κ3) is 4.22. The highest BCUT2D eigenvalue weighted by Crippen LogP contribution is 2.45. The number of fused-ring (bicyclic) bond motifs is 4. The van der Waals surface area contributed by atoms with Crippen molar-refractivity contribution >= 4 is 48.7 Å². The summed E-state index contributed by atoms with van der Waals surface area (Å²) in [6.45, 7) is 0. The first-order chi connectivity index (χ1) is 22.3. The Bertz CT molecular complexity index is 2450. The van der Waals surface area contributed by atoms with Crippen LogP contribution in [0.25, 0.3) is 82.0 Å². The molecule has 0 saturated heterocycles. The van der Waals surface area contributed by atoms with Gasteiger partial charge in [0.2, 0.25) is 0 Å². The predicted octanol–water partition coefficient (Wildman–Crippen LogP) is 12.6. The van der Waals surface area contributed by atoms with Crippen LogP contribution in [0.3, 0.4) is 0 Å². The third-order valence-corrected chi connectivity index (χ3v) is 9.44. The summed E-state index contributed by atoms with van der Waals surface area (Å²) in [6, 6.07) is 55.9. The van der Waals surface area contributed by atoms with Crippen molar-refractivity contribution < 1.29 is 0 Å². The molecule has 0 amide bonds. The zero-order valence-corrected chi connectivity index (χ0v) is 24.9. The molecule has 45 heavy (non-hydrogen) atoms. The Morgan fingerprint density at radius 2 is 0.889 bits per heavy atom. The largest absolute Gasteiger partial charge is 0.0801 e. The van der Waals surface area contributed by atoms with Crippen LogP contribution in [0.4, 0.5) is 0 Å². The molecular weight excluding hydrogens is 540 g/mol. The molecule has 0 fully saturated rings. The van der Waals surface area contributed by atoms with Gasteiger partial charge in [-0.05, 0) is 106 Å². The maximum atomic E-state index is 2.39. The van der Waals surface area contributed by atoms with Gasteiger partial charge in [0.25, 0.3) is 0 Å². The lowest BCUT2D eigenvalue weighted by Crippen LogP contribution is -1.92. The van der Waals surface area contributed by atoms with Crippen LogP contribution < -0.4 is 0 Å². The fraction of sp³-hybridized carbons (Fsp3) is 0.0222. The molecule has 0 spiro atoms. The number of rotatable bonds is 4. The first kappa shape index (κ1) is 25.7. The molecule has 1 aliphatic rings. The zero-order valence-electron chi connectivity index (χ0n) is 24.9. The molecule has 8 aromatic carbocycles. The lowest BCUT2D eigenvalue weighted by molar-refractivity contribution is 1.45. The molecule has 9 rings (SSSR count). The fourth-order valence-corrected chi connectivity index (χ4v) is 7.40. The molecule has 0 heterocycles. The Labute approximate surface area is 263 Å². The molecule has 0 N–H and O–H groups in total. The van der Waals surface area contributed by atoms with E-state index in [-0.39, 0.29) is 0 Å². The van der Waals surface area contributed by atoms with E-state index in [0.717, 1.165) is 6.42 Å². The Balaban J connectivity index is 1.28. The Morgan fingerprint density at radius 1 is 0.356 bits per heavy atom. The van der Waals surface area contributed by atoms with Crippen LogP contribution in [-0.4, -0.2) is 0 Å². The summed E-state index contributed by atoms with van der Waals surface area (Å²) < 4.78 is 0. The average Bonchev–Trinajstić information content (AvgIpc) is 3.65. The van der Waals surface area contributed by atoms with Crippen LogP contribution in [0.5, 0.6) is 0 Å². The summed E-state index contributed by atoms with van der Waals surface area (Å²) in [5.74, 6) is 0. The standard InChI is InChI=1S/C45H30/c1-4-15-32-28-35(25-24-30(32)12-1)45-42-22-9-7-20-40(42)44(41-21-8-10-23-43(41)45)34-17-11-16-33(29-34)37-27-26-36(31-13-2-3-14-31)38-18-5-6-19-39(37)38/h1-2,4-29H,3H2. The maximum Gasteiger partial charge on any atom is -0.00262 e. The van der Waals surface area contributed by atoms with Crippen molar-refractivity contribution in [3.63, 3.8) is 0 Å². The van der Waals surface area contributed by atoms with Gasteiger partial charge in [0, 0.05) is 0 Å². The minimum absolute atomic E-state index is 1.01. The maximum absolute atomic E-state index is 2.39. The molecule has 0 bridgehead atoms. The summed E-state index contributed by atoms with van der Waals surface area (Å²) in [5, 5.41) is 10.2. The number of allylic oxidation sites excluding steroid dienone is 4. The van der Waals surface area contributed by atoms with E-state index in [2.05, 4.69) is 170 Å². The van der Waals surface area contributed by atoms with Gasteiger partial charge in [0.1, 0.15) is 0 Å². The van der Waals surface area contributed by atoms with Crippen molar-refractivity contribution in [2.45, 2.75) is 6.42 Å². The van der Waals surface area contributed by atoms with Crippen LogP contribution >= 0.6 is 0 Å². The zero-order chi connectivity index (χ0) is 29.7. The first-order valence-electron chi connectivity index (χ1n) is 15.8. The summed E-state index contributed by atoms with van der Waals surface area (Å²) in [5.41, 5.74) is 10.2. The lowest BCUT2D eigenvalue weighted by atomic mass is 9.84. The highest BCUT2D eigenvalue weighted by molar-refractivity contribution is 6.22. The van der Waals surface area contributed by atoms with Gasteiger partial charge < -0.3 is 0 Å². The fourth-order valence-electron chi connectivity index (χ4n) is 7.40. The lowest BCUT2D eigenvalue weighted by Gasteiger charge is -2.19. The predicted molar refractivity (Wildman–Crippen MR) is 195 cm³/mol. The topological polar surface area (TPSA) is 0 Å². The van der Waals surface area contributed by atoms with Gasteiger partial charge in [-0.3, -0.25) is 0 Å². The molecule has 0 atom stereocenters. The van der Waals surface area contributed by atoms with E-state index in [9.17, 15) is 0 Å². The molecule has 8 aromatic rings. The van der Waals surface area contributed by atoms with Gasteiger partial charge in [-0.1, -0.05) is 158 Å². The molecule has 0 unspecified atom stereocenters. The summed E-state index contributed by atoms with van der Waals surface area (Å²) >= 11 is 0. The molecule has 1 aliphatic carbocycles. The summed E-state index contributed by atoms with van der Waals surface area (Å²) in [6.07, 6.45) is 7.82. The van der Waals surface area contributed by atoms with Crippen molar-refractivity contribution in [3.05, 3.63) is 175 Å². The second kappa shape index (κ2) is 10.5. The highest BCUT2D eigenvalue weighted by atomic mass is 14.2. The van der Waals surface area contributed by atoms with Crippen molar-refractivity contribution in [1.29, 1.82) is 0 Å². The Hall–Kier alpha value is -5.72. The van der Waals surface area contributed by atoms with Gasteiger partial charge in [0.15, 0.2) is 0 Å². The van der Waals surface area contributed by atoms with Crippen molar-refractivity contribution in [2.24, 2.45) is 0 Å². The first-order valence-corrected chi connectivity index (χ1v) is 15.8. The van der Waals surface area contributed by atoms with E-state index >= 15 is 0 Å². The molecule has 0 nitrogen and oxygen atoms in total. The minimum Gasteiger partial charge on any atom is -0.0801 e. The molecular formula is C45H30. The van der Waals surface area contributed by atoms with Gasteiger partial charge in [-0.2, -0.15) is 0 Å². The summed E-state index contributed by atoms with van der Waals surface area (Å²) in [7, 11) is 0. The van der Waals surface area contributed by atoms with E-state index in [1.165, 1.54) is 87.6 Å². The molecule has 0 aliphatic heterocycles. The average molecular weight is 571 g/mol. The van der Waals surface area contributed by atoms with Crippen molar-refractivity contribution in [3.8, 4) is 33.4 Å². The normalized spacial score (nSPS) is 12.8. The van der Waals surface area contributed by atoms with E-state index in [1.807, 2.05) is 0 Å². The van der Waals surface area contributed by atoms with E-state index in [0.29, 0.717) is 0 Å². The van der Waals surface area contributed by atoms with Gasteiger partial charge in [-0.25, -0.2) is 0 Å². The second-order valence-corrected chi connectivity index (χ2v) is 12.0. The third-order valence-electron chi connectivity index (χ3n) is 9.44. The number of hydrogen-bond donors (Lipinski definition) is 0. The van der Waals surface area contributed by atoms with Crippen LogP contribution in [0.1, 0.15) is 12.0 Å². The second-order valence-electron chi connectivity index (χ2n) is 12.0. The molecule has 0 heteroatoms. The quantitative estimate of drug-likeness (QED) is 0.185. The molecule has 0 saturated carbocycles.